The normalized spacial score (nSPS) is 19.9. The van der Waals surface area contributed by atoms with Crippen LogP contribution in [0.2, 0.25) is 0 Å². The number of rotatable bonds is 8. The Kier molecular flexibility index (Phi) is 8.34. The second-order valence-electron chi connectivity index (χ2n) is 4.62. The van der Waals surface area contributed by atoms with Crippen LogP contribution in [0.3, 0.4) is 0 Å². The lowest BCUT2D eigenvalue weighted by molar-refractivity contribution is 0.0614. The second kappa shape index (κ2) is 9.32. The third-order valence-electron chi connectivity index (χ3n) is 3.12. The molecule has 1 N–H and O–H groups in total. The van der Waals surface area contributed by atoms with Gasteiger partial charge in [0.1, 0.15) is 0 Å². The van der Waals surface area contributed by atoms with Gasteiger partial charge in [-0.1, -0.05) is 13.8 Å². The lowest BCUT2D eigenvalue weighted by atomic mass is 9.93. The average Bonchev–Trinajstić information content (AvgIpc) is 2.31. The van der Waals surface area contributed by atoms with Crippen molar-refractivity contribution in [2.75, 3.05) is 31.3 Å². The second-order valence-corrected chi connectivity index (χ2v) is 5.77. The molecule has 0 amide bonds. The summed E-state index contributed by atoms with van der Waals surface area (Å²) < 4.78 is 5.41. The minimum Gasteiger partial charge on any atom is -0.381 e. The summed E-state index contributed by atoms with van der Waals surface area (Å²) in [6.07, 6.45) is 5.16. The maximum Gasteiger partial charge on any atom is 0.0468 e. The first-order chi connectivity index (χ1) is 7.86. The van der Waals surface area contributed by atoms with E-state index in [1.54, 1.807) is 0 Å². The van der Waals surface area contributed by atoms with Crippen LogP contribution >= 0.6 is 11.8 Å². The Hall–Kier alpha value is 0.270. The predicted molar refractivity (Wildman–Crippen MR) is 73.2 cm³/mol. The van der Waals surface area contributed by atoms with Gasteiger partial charge in [0.15, 0.2) is 0 Å². The van der Waals surface area contributed by atoms with Crippen molar-refractivity contribution in [1.82, 2.24) is 5.32 Å². The first-order valence-corrected chi connectivity index (χ1v) is 7.91. The largest absolute Gasteiger partial charge is 0.381 e. The van der Waals surface area contributed by atoms with Crippen LogP contribution in [0.15, 0.2) is 0 Å². The third-order valence-corrected chi connectivity index (χ3v) is 4.45. The molecule has 3 heteroatoms. The van der Waals surface area contributed by atoms with Crippen LogP contribution in [0.1, 0.15) is 39.5 Å². The molecule has 0 aromatic rings. The Balaban J connectivity index is 2.19. The van der Waals surface area contributed by atoms with Gasteiger partial charge in [-0.2, -0.15) is 11.8 Å². The van der Waals surface area contributed by atoms with Crippen LogP contribution in [0.5, 0.6) is 0 Å². The van der Waals surface area contributed by atoms with Gasteiger partial charge in [-0.05, 0) is 43.9 Å². The number of ether oxygens (including phenoxy) is 1. The van der Waals surface area contributed by atoms with E-state index in [1.165, 1.54) is 37.2 Å². The lowest BCUT2D eigenvalue weighted by Crippen LogP contribution is -2.34. The summed E-state index contributed by atoms with van der Waals surface area (Å²) in [5.74, 6) is 3.47. The molecule has 96 valence electrons. The van der Waals surface area contributed by atoms with Gasteiger partial charge in [0, 0.05) is 25.0 Å². The summed E-state index contributed by atoms with van der Waals surface area (Å²) in [7, 11) is 0. The van der Waals surface area contributed by atoms with Crippen molar-refractivity contribution in [1.29, 1.82) is 0 Å². The summed E-state index contributed by atoms with van der Waals surface area (Å²) in [5, 5.41) is 3.63. The molecule has 0 saturated carbocycles. The van der Waals surface area contributed by atoms with Gasteiger partial charge in [-0.3, -0.25) is 0 Å². The zero-order valence-electron chi connectivity index (χ0n) is 10.8. The number of hydrogen-bond acceptors (Lipinski definition) is 3. The molecular weight excluding hydrogens is 218 g/mol. The lowest BCUT2D eigenvalue weighted by Gasteiger charge is -2.27. The molecule has 0 aromatic heterocycles. The number of hydrogen-bond donors (Lipinski definition) is 1. The Morgan fingerprint density at radius 1 is 1.31 bits per heavy atom. The molecule has 1 unspecified atom stereocenters. The van der Waals surface area contributed by atoms with Crippen molar-refractivity contribution in [3.8, 4) is 0 Å². The van der Waals surface area contributed by atoms with Crippen molar-refractivity contribution < 1.29 is 4.74 Å². The molecule has 1 rings (SSSR count). The topological polar surface area (TPSA) is 21.3 Å². The maximum absolute atomic E-state index is 5.41. The van der Waals surface area contributed by atoms with Gasteiger partial charge >= 0.3 is 0 Å². The van der Waals surface area contributed by atoms with E-state index in [0.29, 0.717) is 6.04 Å². The van der Waals surface area contributed by atoms with E-state index in [1.807, 2.05) is 0 Å². The van der Waals surface area contributed by atoms with Crippen LogP contribution in [-0.2, 0) is 4.74 Å². The highest BCUT2D eigenvalue weighted by Gasteiger charge is 2.18. The molecule has 1 heterocycles. The van der Waals surface area contributed by atoms with Gasteiger partial charge in [0.05, 0.1) is 0 Å². The van der Waals surface area contributed by atoms with E-state index < -0.39 is 0 Å². The molecule has 0 bridgehead atoms. The summed E-state index contributed by atoms with van der Waals surface area (Å²) in [4.78, 5) is 0. The molecule has 1 fully saturated rings. The van der Waals surface area contributed by atoms with Gasteiger partial charge in [0.2, 0.25) is 0 Å². The van der Waals surface area contributed by atoms with Crippen LogP contribution in [0.4, 0.5) is 0 Å². The first-order valence-electron chi connectivity index (χ1n) is 6.75. The summed E-state index contributed by atoms with van der Waals surface area (Å²) in [6.45, 7) is 7.52. The summed E-state index contributed by atoms with van der Waals surface area (Å²) in [6, 6.07) is 0.713. The molecule has 1 aliphatic heterocycles. The smallest absolute Gasteiger partial charge is 0.0468 e. The van der Waals surface area contributed by atoms with Crippen molar-refractivity contribution in [2.24, 2.45) is 5.92 Å². The predicted octanol–water partition coefficient (Wildman–Crippen LogP) is 2.92. The zero-order chi connectivity index (χ0) is 11.6. The van der Waals surface area contributed by atoms with Crippen molar-refractivity contribution in [3.63, 3.8) is 0 Å². The van der Waals surface area contributed by atoms with Gasteiger partial charge in [-0.15, -0.1) is 0 Å². The molecule has 2 nitrogen and oxygen atoms in total. The highest BCUT2D eigenvalue weighted by atomic mass is 32.2. The highest BCUT2D eigenvalue weighted by molar-refractivity contribution is 7.99. The maximum atomic E-state index is 5.41. The van der Waals surface area contributed by atoms with E-state index in [0.717, 1.165) is 25.7 Å². The third kappa shape index (κ3) is 6.12. The standard InChI is InChI=1S/C13H27NOS/c1-3-9-16-11-13(14-4-2)10-12-5-7-15-8-6-12/h12-14H,3-11H2,1-2H3. The molecule has 1 aliphatic rings. The Labute approximate surface area is 105 Å². The quantitative estimate of drug-likeness (QED) is 0.664. The fourth-order valence-electron chi connectivity index (χ4n) is 2.25. The fraction of sp³-hybridized carbons (Fsp3) is 1.00. The molecule has 0 radical (unpaired) electrons. The Morgan fingerprint density at radius 3 is 2.69 bits per heavy atom. The van der Waals surface area contributed by atoms with E-state index in [9.17, 15) is 0 Å². The fourth-order valence-corrected chi connectivity index (χ4v) is 3.25. The van der Waals surface area contributed by atoms with Gasteiger partial charge < -0.3 is 10.1 Å². The molecule has 0 spiro atoms. The zero-order valence-corrected chi connectivity index (χ0v) is 11.7. The van der Waals surface area contributed by atoms with E-state index in [-0.39, 0.29) is 0 Å². The van der Waals surface area contributed by atoms with Crippen LogP contribution in [0, 0.1) is 5.92 Å². The van der Waals surface area contributed by atoms with Gasteiger partial charge in [-0.25, -0.2) is 0 Å². The Bertz CT molecular complexity index is 160. The molecule has 1 atom stereocenters. The number of thioether (sulfide) groups is 1. The van der Waals surface area contributed by atoms with Crippen molar-refractivity contribution in [3.05, 3.63) is 0 Å². The summed E-state index contributed by atoms with van der Waals surface area (Å²) >= 11 is 2.10. The minimum absolute atomic E-state index is 0.713. The summed E-state index contributed by atoms with van der Waals surface area (Å²) in [5.41, 5.74) is 0. The van der Waals surface area contributed by atoms with Crippen molar-refractivity contribution >= 4 is 11.8 Å². The SMILES string of the molecule is CCCSCC(CC1CCOCC1)NCC. The minimum atomic E-state index is 0.713. The molecule has 16 heavy (non-hydrogen) atoms. The first kappa shape index (κ1) is 14.3. The van der Waals surface area contributed by atoms with E-state index in [2.05, 4.69) is 30.9 Å². The highest BCUT2D eigenvalue weighted by Crippen LogP contribution is 2.21. The van der Waals surface area contributed by atoms with Gasteiger partial charge in [0.25, 0.3) is 0 Å². The molecular formula is C13H27NOS. The molecule has 1 saturated heterocycles. The molecule has 0 aromatic carbocycles. The van der Waals surface area contributed by atoms with E-state index in [4.69, 9.17) is 4.74 Å². The number of nitrogens with one attached hydrogen (secondary N) is 1. The Morgan fingerprint density at radius 2 is 2.06 bits per heavy atom. The average molecular weight is 245 g/mol. The molecule has 0 aliphatic carbocycles. The van der Waals surface area contributed by atoms with Crippen LogP contribution in [0.25, 0.3) is 0 Å². The monoisotopic (exact) mass is 245 g/mol. The van der Waals surface area contributed by atoms with Crippen LogP contribution < -0.4 is 5.32 Å². The van der Waals surface area contributed by atoms with Crippen molar-refractivity contribution in [2.45, 2.75) is 45.6 Å². The van der Waals surface area contributed by atoms with Crippen LogP contribution in [-0.4, -0.2) is 37.3 Å². The van der Waals surface area contributed by atoms with E-state index >= 15 is 0 Å².